The number of amides is 1. The lowest BCUT2D eigenvalue weighted by molar-refractivity contribution is -0.116. The molecule has 218 valence electrons. The maximum atomic E-state index is 13.7. The fourth-order valence-corrected chi connectivity index (χ4v) is 4.78. The number of hydrogen-bond acceptors (Lipinski definition) is 6. The molecule has 1 atom stereocenters. The van der Waals surface area contributed by atoms with Crippen LogP contribution in [0.15, 0.2) is 114 Å². The van der Waals surface area contributed by atoms with Crippen LogP contribution in [0.4, 0.5) is 14.6 Å². The second-order valence-electron chi connectivity index (χ2n) is 10.2. The number of aliphatic hydroxyl groups excluding tert-OH is 1. The zero-order chi connectivity index (χ0) is 30.6. The van der Waals surface area contributed by atoms with Gasteiger partial charge in [0.15, 0.2) is 0 Å². The van der Waals surface area contributed by atoms with Crippen molar-refractivity contribution >= 4 is 28.8 Å². The van der Waals surface area contributed by atoms with E-state index in [1.54, 1.807) is 54.9 Å². The van der Waals surface area contributed by atoms with Crippen LogP contribution in [0.2, 0.25) is 0 Å². The third kappa shape index (κ3) is 6.38. The predicted molar refractivity (Wildman–Crippen MR) is 165 cm³/mol. The fraction of sp³-hybridized carbons (Fsp3) is 0.0571. The average Bonchev–Trinajstić information content (AvgIpc) is 3.47. The van der Waals surface area contributed by atoms with Gasteiger partial charge < -0.3 is 20.6 Å². The molecule has 0 saturated carbocycles. The fourth-order valence-electron chi connectivity index (χ4n) is 4.78. The van der Waals surface area contributed by atoms with Gasteiger partial charge in [-0.1, -0.05) is 30.3 Å². The maximum absolute atomic E-state index is 13.7. The van der Waals surface area contributed by atoms with Gasteiger partial charge in [0.2, 0.25) is 5.91 Å². The minimum Gasteiger partial charge on any atom is -0.459 e. The highest BCUT2D eigenvalue weighted by Crippen LogP contribution is 2.36. The molecular formula is C35H26F2N4O3. The molecule has 3 aromatic heterocycles. The lowest BCUT2D eigenvalue weighted by Crippen LogP contribution is -2.19. The standard InChI is InChI=1S/C35H26F2N4O3/c36-27-8-3-22(4-9-27)30-17-25(31-12-7-24(19-39-31)34(43)23-5-10-28(37)11-6-23)15-26-16-29(44-35(26)30)20-41-33(42)14-2-21-1-13-32(38)40-18-21/h1-19,34,43H,20H2,(H2,38,40)(H,41,42)/b14-2+. The Labute approximate surface area is 251 Å². The Balaban J connectivity index is 1.27. The Kier molecular flexibility index (Phi) is 7.94. The molecule has 1 amide bonds. The molecule has 0 spiro atoms. The van der Waals surface area contributed by atoms with Crippen LogP contribution in [0.3, 0.4) is 0 Å². The van der Waals surface area contributed by atoms with Gasteiger partial charge in [0.25, 0.3) is 0 Å². The van der Waals surface area contributed by atoms with Crippen molar-refractivity contribution in [3.05, 3.63) is 144 Å². The van der Waals surface area contributed by atoms with Crippen LogP contribution < -0.4 is 11.1 Å². The quantitative estimate of drug-likeness (QED) is 0.168. The number of aromatic nitrogens is 2. The first-order valence-electron chi connectivity index (χ1n) is 13.7. The molecule has 3 aromatic carbocycles. The molecule has 0 aliphatic carbocycles. The molecule has 7 nitrogen and oxygen atoms in total. The van der Waals surface area contributed by atoms with Gasteiger partial charge >= 0.3 is 0 Å². The van der Waals surface area contributed by atoms with Crippen molar-refractivity contribution in [3.8, 4) is 22.4 Å². The number of nitrogen functional groups attached to an aromatic ring is 1. The number of fused-ring (bicyclic) bond motifs is 1. The van der Waals surface area contributed by atoms with Gasteiger partial charge in [0.1, 0.15) is 34.9 Å². The number of carbonyl (C=O) groups excluding carboxylic acids is 1. The number of nitrogens with two attached hydrogens (primary N) is 1. The molecule has 0 fully saturated rings. The summed E-state index contributed by atoms with van der Waals surface area (Å²) in [5.74, 6) is -0.122. The molecule has 0 radical (unpaired) electrons. The minimum atomic E-state index is -0.959. The third-order valence-electron chi connectivity index (χ3n) is 7.08. The zero-order valence-corrected chi connectivity index (χ0v) is 23.2. The zero-order valence-electron chi connectivity index (χ0n) is 23.2. The topological polar surface area (TPSA) is 114 Å². The number of rotatable bonds is 8. The minimum absolute atomic E-state index is 0.143. The Morgan fingerprint density at radius 3 is 2.27 bits per heavy atom. The molecule has 0 saturated heterocycles. The van der Waals surface area contributed by atoms with E-state index in [1.807, 2.05) is 18.2 Å². The van der Waals surface area contributed by atoms with Crippen LogP contribution in [0.5, 0.6) is 0 Å². The van der Waals surface area contributed by atoms with Crippen molar-refractivity contribution in [1.82, 2.24) is 15.3 Å². The molecule has 1 unspecified atom stereocenters. The summed E-state index contributed by atoms with van der Waals surface area (Å²) in [4.78, 5) is 21.0. The Bertz CT molecular complexity index is 1950. The summed E-state index contributed by atoms with van der Waals surface area (Å²) >= 11 is 0. The van der Waals surface area contributed by atoms with Gasteiger partial charge in [-0.3, -0.25) is 9.78 Å². The first-order valence-corrected chi connectivity index (χ1v) is 13.7. The highest BCUT2D eigenvalue weighted by molar-refractivity contribution is 5.97. The summed E-state index contributed by atoms with van der Waals surface area (Å²) in [5, 5.41) is 14.3. The van der Waals surface area contributed by atoms with Gasteiger partial charge in [0.05, 0.1) is 12.2 Å². The van der Waals surface area contributed by atoms with E-state index in [9.17, 15) is 18.7 Å². The Morgan fingerprint density at radius 1 is 0.864 bits per heavy atom. The van der Waals surface area contributed by atoms with Gasteiger partial charge in [-0.25, -0.2) is 13.8 Å². The van der Waals surface area contributed by atoms with Crippen molar-refractivity contribution in [1.29, 1.82) is 0 Å². The molecule has 4 N–H and O–H groups in total. The first kappa shape index (κ1) is 28.4. The lowest BCUT2D eigenvalue weighted by atomic mass is 9.98. The van der Waals surface area contributed by atoms with E-state index < -0.39 is 6.10 Å². The summed E-state index contributed by atoms with van der Waals surface area (Å²) in [6.45, 7) is 0.143. The van der Waals surface area contributed by atoms with Crippen LogP contribution in [-0.4, -0.2) is 21.0 Å². The van der Waals surface area contributed by atoms with Crippen LogP contribution in [0.1, 0.15) is 28.6 Å². The van der Waals surface area contributed by atoms with Crippen molar-refractivity contribution in [2.45, 2.75) is 12.6 Å². The van der Waals surface area contributed by atoms with Crippen LogP contribution in [0.25, 0.3) is 39.4 Å². The summed E-state index contributed by atoms with van der Waals surface area (Å²) in [6.07, 6.45) is 5.23. The van der Waals surface area contributed by atoms with E-state index in [4.69, 9.17) is 10.2 Å². The van der Waals surface area contributed by atoms with E-state index in [1.165, 1.54) is 42.5 Å². The van der Waals surface area contributed by atoms with Crippen molar-refractivity contribution in [3.63, 3.8) is 0 Å². The highest BCUT2D eigenvalue weighted by Gasteiger charge is 2.16. The summed E-state index contributed by atoms with van der Waals surface area (Å²) in [6, 6.07) is 24.4. The van der Waals surface area contributed by atoms with Gasteiger partial charge in [-0.15, -0.1) is 0 Å². The monoisotopic (exact) mass is 588 g/mol. The van der Waals surface area contributed by atoms with Gasteiger partial charge in [0, 0.05) is 40.5 Å². The smallest absolute Gasteiger partial charge is 0.244 e. The Morgan fingerprint density at radius 2 is 1.59 bits per heavy atom. The lowest BCUT2D eigenvalue weighted by Gasteiger charge is -2.12. The van der Waals surface area contributed by atoms with E-state index >= 15 is 0 Å². The maximum Gasteiger partial charge on any atom is 0.244 e. The highest BCUT2D eigenvalue weighted by atomic mass is 19.1. The molecule has 3 heterocycles. The molecule has 0 bridgehead atoms. The number of furan rings is 1. The number of pyridine rings is 2. The van der Waals surface area contributed by atoms with E-state index in [0.29, 0.717) is 34.0 Å². The number of anilines is 1. The molecule has 44 heavy (non-hydrogen) atoms. The molecule has 6 rings (SSSR count). The largest absolute Gasteiger partial charge is 0.459 e. The summed E-state index contributed by atoms with van der Waals surface area (Å²) < 4.78 is 33.2. The Hall–Kier alpha value is -5.67. The van der Waals surface area contributed by atoms with Crippen molar-refractivity contribution in [2.24, 2.45) is 0 Å². The van der Waals surface area contributed by atoms with E-state index in [0.717, 1.165) is 27.6 Å². The normalized spacial score (nSPS) is 12.1. The molecular weight excluding hydrogens is 562 g/mol. The number of carbonyl (C=O) groups is 1. The van der Waals surface area contributed by atoms with Gasteiger partial charge in [-0.2, -0.15) is 0 Å². The van der Waals surface area contributed by atoms with Crippen LogP contribution in [-0.2, 0) is 11.3 Å². The average molecular weight is 589 g/mol. The van der Waals surface area contributed by atoms with Crippen LogP contribution in [0, 0.1) is 11.6 Å². The SMILES string of the molecule is Nc1ccc(/C=C/C(=O)NCc2cc3cc(-c4ccc(C(O)c5ccc(F)cc5)cn4)cc(-c4ccc(F)cc4)c3o2)cn1. The second kappa shape index (κ2) is 12.3. The second-order valence-corrected chi connectivity index (χ2v) is 10.2. The number of halogens is 2. The first-order chi connectivity index (χ1) is 21.3. The summed E-state index contributed by atoms with van der Waals surface area (Å²) in [5.41, 5.74) is 10.9. The number of nitrogens with zero attached hydrogens (tertiary/aromatic N) is 2. The summed E-state index contributed by atoms with van der Waals surface area (Å²) in [7, 11) is 0. The molecule has 9 heteroatoms. The molecule has 0 aliphatic rings. The van der Waals surface area contributed by atoms with Crippen molar-refractivity contribution < 1.29 is 23.1 Å². The number of aliphatic hydroxyl groups is 1. The molecule has 0 aliphatic heterocycles. The predicted octanol–water partition coefficient (Wildman–Crippen LogP) is 6.83. The van der Waals surface area contributed by atoms with Crippen LogP contribution >= 0.6 is 0 Å². The number of nitrogens with one attached hydrogen (secondary N) is 1. The molecule has 6 aromatic rings. The number of hydrogen-bond donors (Lipinski definition) is 3. The van der Waals surface area contributed by atoms with Crippen molar-refractivity contribution in [2.75, 3.05) is 5.73 Å². The van der Waals surface area contributed by atoms with Gasteiger partial charge in [-0.05, 0) is 83.4 Å². The van der Waals surface area contributed by atoms with E-state index in [2.05, 4.69) is 15.3 Å². The number of benzene rings is 3. The third-order valence-corrected chi connectivity index (χ3v) is 7.08. The van der Waals surface area contributed by atoms with E-state index in [-0.39, 0.29) is 24.1 Å².